The maximum Gasteiger partial charge on any atom is 0.267 e. The van der Waals surface area contributed by atoms with E-state index in [1.807, 2.05) is 61.2 Å². The topological polar surface area (TPSA) is 83.5 Å². The molecule has 1 fully saturated rings. The van der Waals surface area contributed by atoms with Gasteiger partial charge in [0.1, 0.15) is 16.8 Å². The van der Waals surface area contributed by atoms with Gasteiger partial charge in [-0.3, -0.25) is 19.4 Å². The van der Waals surface area contributed by atoms with Crippen LogP contribution in [0.25, 0.3) is 16.7 Å². The summed E-state index contributed by atoms with van der Waals surface area (Å²) < 4.78 is 3.24. The first-order valence-electron chi connectivity index (χ1n) is 13.9. The fraction of sp³-hybridized carbons (Fsp3) is 0.273. The van der Waals surface area contributed by atoms with Gasteiger partial charge in [0.05, 0.1) is 17.5 Å². The lowest BCUT2D eigenvalue weighted by atomic mass is 9.90. The molecule has 0 spiro atoms. The van der Waals surface area contributed by atoms with Crippen LogP contribution in [0.3, 0.4) is 0 Å². The molecule has 3 aromatic heterocycles. The average Bonchev–Trinajstić information content (AvgIpc) is 2.97. The number of fused-ring (bicyclic) bond motifs is 2. The lowest BCUT2D eigenvalue weighted by molar-refractivity contribution is 0.0687. The number of nitrogens with zero attached hydrogens (tertiary/aromatic N) is 4. The molecule has 0 aliphatic carbocycles. The molecule has 202 valence electrons. The van der Waals surface area contributed by atoms with Gasteiger partial charge >= 0.3 is 0 Å². The van der Waals surface area contributed by atoms with Crippen LogP contribution in [0.5, 0.6) is 0 Å². The van der Waals surface area contributed by atoms with Gasteiger partial charge in [-0.2, -0.15) is 0 Å². The lowest BCUT2D eigenvalue weighted by Gasteiger charge is -2.32. The standard InChI is InChI=1S/C33H33N5O2/c1-22-10-12-26(13-11-22)21-38-29(34)27(20-28-31(38)35-30-23(2)7-6-16-37(30)33(28)40)32(39)36-17-14-25(15-18-36)19-24-8-4-3-5-9-24/h3-13,16,20,25,34H,14-15,17-19,21H2,1-2H3. The summed E-state index contributed by atoms with van der Waals surface area (Å²) in [5.74, 6) is 0.324. The molecule has 0 unspecified atom stereocenters. The third kappa shape index (κ3) is 4.83. The number of rotatable bonds is 5. The number of pyridine rings is 2. The Morgan fingerprint density at radius 1 is 0.925 bits per heavy atom. The van der Waals surface area contributed by atoms with E-state index in [0.717, 1.165) is 36.0 Å². The summed E-state index contributed by atoms with van der Waals surface area (Å²) >= 11 is 0. The number of benzene rings is 2. The first-order chi connectivity index (χ1) is 19.4. The Bertz CT molecular complexity index is 1830. The first-order valence-corrected chi connectivity index (χ1v) is 13.9. The first kappa shape index (κ1) is 25.7. The Morgan fingerprint density at radius 3 is 2.38 bits per heavy atom. The molecule has 0 saturated carbocycles. The minimum atomic E-state index is -0.239. The molecular weight excluding hydrogens is 498 g/mol. The molecule has 1 amide bonds. The van der Waals surface area contributed by atoms with E-state index < -0.39 is 0 Å². The quantitative estimate of drug-likeness (QED) is 0.328. The average molecular weight is 532 g/mol. The van der Waals surface area contributed by atoms with E-state index in [-0.39, 0.29) is 22.5 Å². The third-order valence-corrected chi connectivity index (χ3v) is 8.09. The van der Waals surface area contributed by atoms with Crippen molar-refractivity contribution in [3.05, 3.63) is 123 Å². The normalized spacial score (nSPS) is 14.2. The highest BCUT2D eigenvalue weighted by Crippen LogP contribution is 2.23. The van der Waals surface area contributed by atoms with E-state index in [9.17, 15) is 9.59 Å². The molecule has 6 rings (SSSR count). The van der Waals surface area contributed by atoms with Crippen LogP contribution < -0.4 is 11.0 Å². The van der Waals surface area contributed by atoms with Crippen molar-refractivity contribution in [2.75, 3.05) is 13.1 Å². The second-order valence-electron chi connectivity index (χ2n) is 10.9. The number of nitrogens with one attached hydrogen (secondary N) is 1. The van der Waals surface area contributed by atoms with Gasteiger partial charge in [-0.25, -0.2) is 4.98 Å². The van der Waals surface area contributed by atoms with Gasteiger partial charge in [-0.15, -0.1) is 0 Å². The summed E-state index contributed by atoms with van der Waals surface area (Å²) in [6.07, 6.45) is 4.54. The van der Waals surface area contributed by atoms with Gasteiger partial charge in [0, 0.05) is 19.3 Å². The smallest absolute Gasteiger partial charge is 0.267 e. The van der Waals surface area contributed by atoms with Crippen molar-refractivity contribution in [1.29, 1.82) is 5.41 Å². The molecular formula is C33H33N5O2. The highest BCUT2D eigenvalue weighted by atomic mass is 16.2. The Balaban J connectivity index is 1.39. The van der Waals surface area contributed by atoms with Crippen molar-refractivity contribution in [2.45, 2.75) is 39.7 Å². The second-order valence-corrected chi connectivity index (χ2v) is 10.9. The van der Waals surface area contributed by atoms with E-state index in [0.29, 0.717) is 42.2 Å². The Labute approximate surface area is 232 Å². The van der Waals surface area contributed by atoms with Gasteiger partial charge in [0.25, 0.3) is 11.5 Å². The van der Waals surface area contributed by atoms with Gasteiger partial charge in [-0.1, -0.05) is 66.2 Å². The third-order valence-electron chi connectivity index (χ3n) is 8.09. The molecule has 1 aliphatic heterocycles. The molecule has 0 bridgehead atoms. The molecule has 0 atom stereocenters. The predicted molar refractivity (Wildman–Crippen MR) is 157 cm³/mol. The molecule has 1 saturated heterocycles. The molecule has 40 heavy (non-hydrogen) atoms. The summed E-state index contributed by atoms with van der Waals surface area (Å²) in [7, 11) is 0. The summed E-state index contributed by atoms with van der Waals surface area (Å²) in [5.41, 5.74) is 5.36. The van der Waals surface area contributed by atoms with Crippen LogP contribution in [0.4, 0.5) is 0 Å². The number of hydrogen-bond acceptors (Lipinski definition) is 4. The molecule has 0 radical (unpaired) electrons. The van der Waals surface area contributed by atoms with Gasteiger partial charge < -0.3 is 9.47 Å². The molecule has 7 heteroatoms. The predicted octanol–water partition coefficient (Wildman–Crippen LogP) is 4.89. The van der Waals surface area contributed by atoms with Crippen LogP contribution in [0.1, 0.15) is 45.5 Å². The van der Waals surface area contributed by atoms with Crippen LogP contribution in [-0.4, -0.2) is 37.8 Å². The van der Waals surface area contributed by atoms with Crippen molar-refractivity contribution in [1.82, 2.24) is 18.9 Å². The fourth-order valence-corrected chi connectivity index (χ4v) is 5.75. The van der Waals surface area contributed by atoms with E-state index in [1.54, 1.807) is 16.8 Å². The van der Waals surface area contributed by atoms with Crippen LogP contribution in [0.15, 0.2) is 83.8 Å². The number of carbonyl (C=O) groups is 1. The fourth-order valence-electron chi connectivity index (χ4n) is 5.75. The van der Waals surface area contributed by atoms with E-state index in [4.69, 9.17) is 10.4 Å². The van der Waals surface area contributed by atoms with Crippen molar-refractivity contribution in [2.24, 2.45) is 5.92 Å². The summed E-state index contributed by atoms with van der Waals surface area (Å²) in [5, 5.41) is 9.50. The Kier molecular flexibility index (Phi) is 6.80. The van der Waals surface area contributed by atoms with Crippen molar-refractivity contribution in [3.8, 4) is 0 Å². The van der Waals surface area contributed by atoms with E-state index in [2.05, 4.69) is 24.3 Å². The molecule has 5 aromatic rings. The van der Waals surface area contributed by atoms with Gasteiger partial charge in [0.2, 0.25) is 0 Å². The Hall–Kier alpha value is -4.52. The van der Waals surface area contributed by atoms with Crippen molar-refractivity contribution >= 4 is 22.6 Å². The molecule has 1 N–H and O–H groups in total. The number of carbonyl (C=O) groups excluding carboxylic acids is 1. The summed E-state index contributed by atoms with van der Waals surface area (Å²) in [6.45, 7) is 5.56. The minimum Gasteiger partial charge on any atom is -0.339 e. The zero-order chi connectivity index (χ0) is 27.8. The molecule has 1 aliphatic rings. The summed E-state index contributed by atoms with van der Waals surface area (Å²) in [6, 6.07) is 23.9. The van der Waals surface area contributed by atoms with Crippen LogP contribution in [-0.2, 0) is 13.0 Å². The number of amides is 1. The van der Waals surface area contributed by atoms with E-state index in [1.165, 1.54) is 9.96 Å². The molecule has 7 nitrogen and oxygen atoms in total. The van der Waals surface area contributed by atoms with Crippen LogP contribution in [0.2, 0.25) is 0 Å². The zero-order valence-corrected chi connectivity index (χ0v) is 22.9. The Morgan fingerprint density at radius 2 is 1.65 bits per heavy atom. The number of aryl methyl sites for hydroxylation is 2. The zero-order valence-electron chi connectivity index (χ0n) is 22.9. The second kappa shape index (κ2) is 10.6. The van der Waals surface area contributed by atoms with Crippen LogP contribution in [0, 0.1) is 25.2 Å². The number of piperidine rings is 1. The van der Waals surface area contributed by atoms with Gasteiger partial charge in [-0.05, 0) is 67.9 Å². The van der Waals surface area contributed by atoms with Crippen molar-refractivity contribution in [3.63, 3.8) is 0 Å². The highest BCUT2D eigenvalue weighted by Gasteiger charge is 2.26. The maximum absolute atomic E-state index is 13.9. The highest BCUT2D eigenvalue weighted by molar-refractivity contribution is 5.97. The number of likely N-dealkylation sites (tertiary alicyclic amines) is 1. The monoisotopic (exact) mass is 531 g/mol. The minimum absolute atomic E-state index is 0.0781. The number of hydrogen-bond donors (Lipinski definition) is 1. The van der Waals surface area contributed by atoms with Crippen LogP contribution >= 0.6 is 0 Å². The lowest BCUT2D eigenvalue weighted by Crippen LogP contribution is -2.42. The maximum atomic E-state index is 13.9. The molecule has 4 heterocycles. The van der Waals surface area contributed by atoms with E-state index >= 15 is 0 Å². The molecule has 2 aromatic carbocycles. The van der Waals surface area contributed by atoms with Crippen molar-refractivity contribution < 1.29 is 4.79 Å². The largest absolute Gasteiger partial charge is 0.339 e. The summed E-state index contributed by atoms with van der Waals surface area (Å²) in [4.78, 5) is 34.3. The SMILES string of the molecule is Cc1ccc(Cn2c(=N)c(C(=O)N3CCC(Cc4ccccc4)CC3)cc3c(=O)n4cccc(C)c4nc32)cc1. The number of aromatic nitrogens is 3. The van der Waals surface area contributed by atoms with Gasteiger partial charge in [0.15, 0.2) is 0 Å².